The van der Waals surface area contributed by atoms with E-state index in [-0.39, 0.29) is 0 Å². The molecule has 0 unspecified atom stereocenters. The number of rotatable bonds is 1. The van der Waals surface area contributed by atoms with E-state index in [0.717, 1.165) is 15.9 Å². The molecule has 2 aromatic rings. The van der Waals surface area contributed by atoms with Crippen molar-refractivity contribution in [1.82, 2.24) is 9.78 Å². The number of nitriles is 1. The Bertz CT molecular complexity index is 537. The fourth-order valence-corrected chi connectivity index (χ4v) is 1.85. The third kappa shape index (κ3) is 1.79. The van der Waals surface area contributed by atoms with Crippen LogP contribution in [0, 0.1) is 18.3 Å². The molecule has 4 heteroatoms. The summed E-state index contributed by atoms with van der Waals surface area (Å²) in [5, 5.41) is 12.9. The molecular weight excluding hydrogens is 254 g/mol. The first-order valence-electron chi connectivity index (χ1n) is 4.44. The van der Waals surface area contributed by atoms with Gasteiger partial charge in [0.05, 0.1) is 5.69 Å². The Morgan fingerprint density at radius 1 is 1.40 bits per heavy atom. The molecular formula is C11H8BrN3. The SMILES string of the molecule is Cc1cc(C#N)nn1-c1ccccc1Br. The summed E-state index contributed by atoms with van der Waals surface area (Å²) in [4.78, 5) is 0. The summed E-state index contributed by atoms with van der Waals surface area (Å²) in [6.45, 7) is 1.92. The van der Waals surface area contributed by atoms with Crippen molar-refractivity contribution >= 4 is 15.9 Å². The van der Waals surface area contributed by atoms with Crippen LogP contribution in [0.25, 0.3) is 5.69 Å². The number of benzene rings is 1. The zero-order chi connectivity index (χ0) is 10.8. The average Bonchev–Trinajstić information content (AvgIpc) is 2.60. The van der Waals surface area contributed by atoms with Crippen molar-refractivity contribution in [2.45, 2.75) is 6.92 Å². The summed E-state index contributed by atoms with van der Waals surface area (Å²) in [6, 6.07) is 11.6. The molecule has 0 saturated heterocycles. The predicted molar refractivity (Wildman–Crippen MR) is 60.7 cm³/mol. The Hall–Kier alpha value is -1.60. The van der Waals surface area contributed by atoms with E-state index >= 15 is 0 Å². The zero-order valence-electron chi connectivity index (χ0n) is 8.11. The number of aromatic nitrogens is 2. The fourth-order valence-electron chi connectivity index (χ4n) is 1.40. The smallest absolute Gasteiger partial charge is 0.163 e. The van der Waals surface area contributed by atoms with Crippen LogP contribution >= 0.6 is 15.9 Å². The monoisotopic (exact) mass is 261 g/mol. The molecule has 0 amide bonds. The summed E-state index contributed by atoms with van der Waals surface area (Å²) in [7, 11) is 0. The third-order valence-corrected chi connectivity index (χ3v) is 2.75. The number of halogens is 1. The molecule has 0 bridgehead atoms. The molecule has 74 valence electrons. The van der Waals surface area contributed by atoms with Crippen LogP contribution in [0.4, 0.5) is 0 Å². The lowest BCUT2D eigenvalue weighted by Gasteiger charge is -2.05. The standard InChI is InChI=1S/C11H8BrN3/c1-8-6-9(7-13)14-15(8)11-5-3-2-4-10(11)12/h2-6H,1H3. The maximum Gasteiger partial charge on any atom is 0.163 e. The maximum atomic E-state index is 8.75. The third-order valence-electron chi connectivity index (χ3n) is 2.08. The lowest BCUT2D eigenvalue weighted by atomic mass is 10.3. The predicted octanol–water partition coefficient (Wildman–Crippen LogP) is 2.81. The van der Waals surface area contributed by atoms with Crippen LogP contribution < -0.4 is 0 Å². The van der Waals surface area contributed by atoms with Gasteiger partial charge >= 0.3 is 0 Å². The lowest BCUT2D eigenvalue weighted by Crippen LogP contribution is -1.99. The molecule has 0 spiro atoms. The van der Waals surface area contributed by atoms with Gasteiger partial charge < -0.3 is 0 Å². The molecule has 0 atom stereocenters. The van der Waals surface area contributed by atoms with E-state index in [1.807, 2.05) is 37.3 Å². The van der Waals surface area contributed by atoms with Crippen molar-refractivity contribution in [3.05, 3.63) is 46.2 Å². The Balaban J connectivity index is 2.60. The van der Waals surface area contributed by atoms with Crippen molar-refractivity contribution in [3.8, 4) is 11.8 Å². The minimum Gasteiger partial charge on any atom is -0.236 e. The van der Waals surface area contributed by atoms with Crippen molar-refractivity contribution < 1.29 is 0 Å². The second-order valence-electron chi connectivity index (χ2n) is 3.15. The van der Waals surface area contributed by atoms with Crippen LogP contribution in [-0.4, -0.2) is 9.78 Å². The minimum atomic E-state index is 0.434. The molecule has 1 aromatic heterocycles. The molecule has 15 heavy (non-hydrogen) atoms. The van der Waals surface area contributed by atoms with E-state index in [1.165, 1.54) is 0 Å². The van der Waals surface area contributed by atoms with Gasteiger partial charge in [0.25, 0.3) is 0 Å². The first kappa shape index (κ1) is 9.94. The van der Waals surface area contributed by atoms with E-state index in [1.54, 1.807) is 10.7 Å². The number of para-hydroxylation sites is 1. The highest BCUT2D eigenvalue weighted by molar-refractivity contribution is 9.10. The Labute approximate surface area is 96.1 Å². The van der Waals surface area contributed by atoms with Crippen LogP contribution in [-0.2, 0) is 0 Å². The number of hydrogen-bond acceptors (Lipinski definition) is 2. The lowest BCUT2D eigenvalue weighted by molar-refractivity contribution is 0.838. The van der Waals surface area contributed by atoms with Gasteiger partial charge in [-0.15, -0.1) is 0 Å². The van der Waals surface area contributed by atoms with E-state index in [2.05, 4.69) is 21.0 Å². The molecule has 3 nitrogen and oxygen atoms in total. The Morgan fingerprint density at radius 3 is 2.73 bits per heavy atom. The number of aryl methyl sites for hydroxylation is 1. The van der Waals surface area contributed by atoms with Crippen LogP contribution in [0.3, 0.4) is 0 Å². The quantitative estimate of drug-likeness (QED) is 0.792. The second kappa shape index (κ2) is 3.87. The second-order valence-corrected chi connectivity index (χ2v) is 4.00. The van der Waals surface area contributed by atoms with E-state index < -0.39 is 0 Å². The van der Waals surface area contributed by atoms with Crippen molar-refractivity contribution in [1.29, 1.82) is 5.26 Å². The van der Waals surface area contributed by atoms with Crippen LogP contribution in [0.15, 0.2) is 34.8 Å². The van der Waals surface area contributed by atoms with Gasteiger partial charge in [-0.25, -0.2) is 4.68 Å². The molecule has 1 heterocycles. The van der Waals surface area contributed by atoms with Crippen molar-refractivity contribution in [3.63, 3.8) is 0 Å². The highest BCUT2D eigenvalue weighted by Crippen LogP contribution is 2.21. The first-order chi connectivity index (χ1) is 7.22. The Morgan fingerprint density at radius 2 is 2.13 bits per heavy atom. The maximum absolute atomic E-state index is 8.75. The largest absolute Gasteiger partial charge is 0.236 e. The normalized spacial score (nSPS) is 9.93. The first-order valence-corrected chi connectivity index (χ1v) is 5.23. The minimum absolute atomic E-state index is 0.434. The Kier molecular flexibility index (Phi) is 2.57. The molecule has 0 N–H and O–H groups in total. The van der Waals surface area contributed by atoms with Crippen molar-refractivity contribution in [2.75, 3.05) is 0 Å². The van der Waals surface area contributed by atoms with Crippen LogP contribution in [0.5, 0.6) is 0 Å². The molecule has 0 radical (unpaired) electrons. The van der Waals surface area contributed by atoms with Gasteiger partial charge in [0.2, 0.25) is 0 Å². The van der Waals surface area contributed by atoms with Gasteiger partial charge in [0.15, 0.2) is 5.69 Å². The van der Waals surface area contributed by atoms with Gasteiger partial charge in [0.1, 0.15) is 6.07 Å². The summed E-state index contributed by atoms with van der Waals surface area (Å²) in [6.07, 6.45) is 0. The van der Waals surface area contributed by atoms with Gasteiger partial charge in [-0.1, -0.05) is 12.1 Å². The van der Waals surface area contributed by atoms with Gasteiger partial charge in [-0.05, 0) is 41.1 Å². The van der Waals surface area contributed by atoms with E-state index in [4.69, 9.17) is 5.26 Å². The molecule has 0 fully saturated rings. The molecule has 0 aliphatic heterocycles. The number of hydrogen-bond donors (Lipinski definition) is 0. The molecule has 0 saturated carbocycles. The molecule has 1 aromatic carbocycles. The van der Waals surface area contributed by atoms with Crippen molar-refractivity contribution in [2.24, 2.45) is 0 Å². The highest BCUT2D eigenvalue weighted by Gasteiger charge is 2.07. The fraction of sp³-hybridized carbons (Fsp3) is 0.0909. The topological polar surface area (TPSA) is 41.6 Å². The number of nitrogens with zero attached hydrogens (tertiary/aromatic N) is 3. The summed E-state index contributed by atoms with van der Waals surface area (Å²) in [5.41, 5.74) is 2.32. The molecule has 0 aliphatic rings. The van der Waals surface area contributed by atoms with Crippen LogP contribution in [0.2, 0.25) is 0 Å². The van der Waals surface area contributed by atoms with Crippen LogP contribution in [0.1, 0.15) is 11.4 Å². The average molecular weight is 262 g/mol. The van der Waals surface area contributed by atoms with Gasteiger partial charge in [-0.2, -0.15) is 10.4 Å². The summed E-state index contributed by atoms with van der Waals surface area (Å²) >= 11 is 3.45. The highest BCUT2D eigenvalue weighted by atomic mass is 79.9. The molecule has 2 rings (SSSR count). The molecule has 0 aliphatic carbocycles. The summed E-state index contributed by atoms with van der Waals surface area (Å²) in [5.74, 6) is 0. The zero-order valence-corrected chi connectivity index (χ0v) is 9.69. The van der Waals surface area contributed by atoms with Gasteiger partial charge in [0, 0.05) is 10.2 Å². The van der Waals surface area contributed by atoms with E-state index in [0.29, 0.717) is 5.69 Å². The summed E-state index contributed by atoms with van der Waals surface area (Å²) < 4.78 is 2.71. The van der Waals surface area contributed by atoms with E-state index in [9.17, 15) is 0 Å². The van der Waals surface area contributed by atoms with Gasteiger partial charge in [-0.3, -0.25) is 0 Å².